The molecule has 1 amide bonds. The highest BCUT2D eigenvalue weighted by Crippen LogP contribution is 2.25. The highest BCUT2D eigenvalue weighted by molar-refractivity contribution is 7.10. The fourth-order valence-corrected chi connectivity index (χ4v) is 3.89. The third-order valence-corrected chi connectivity index (χ3v) is 5.45. The van der Waals surface area contributed by atoms with Crippen LogP contribution >= 0.6 is 11.5 Å². The lowest BCUT2D eigenvalue weighted by molar-refractivity contribution is 0.0162. The summed E-state index contributed by atoms with van der Waals surface area (Å²) in [6, 6.07) is 6.45. The van der Waals surface area contributed by atoms with Gasteiger partial charge in [0.25, 0.3) is 5.91 Å². The van der Waals surface area contributed by atoms with E-state index in [0.717, 1.165) is 23.7 Å². The van der Waals surface area contributed by atoms with Gasteiger partial charge in [-0.1, -0.05) is 12.1 Å². The topological polar surface area (TPSA) is 66.5 Å². The van der Waals surface area contributed by atoms with Gasteiger partial charge in [0.1, 0.15) is 10.8 Å². The number of nitrogens with zero attached hydrogens (tertiary/aromatic N) is 2. The molecule has 0 unspecified atom stereocenters. The average molecular weight is 378 g/mol. The fraction of sp³-hybridized carbons (Fsp3) is 0.444. The third kappa shape index (κ3) is 4.20. The number of anilines is 1. The van der Waals surface area contributed by atoms with Gasteiger partial charge < -0.3 is 15.4 Å². The minimum Gasteiger partial charge on any atom is -0.379 e. The Morgan fingerprint density at radius 1 is 1.42 bits per heavy atom. The molecule has 1 saturated heterocycles. The van der Waals surface area contributed by atoms with E-state index < -0.39 is 0 Å². The van der Waals surface area contributed by atoms with Crippen LogP contribution in [-0.4, -0.2) is 55.1 Å². The molecule has 1 aromatic heterocycles. The van der Waals surface area contributed by atoms with Gasteiger partial charge in [0, 0.05) is 26.7 Å². The molecule has 0 bridgehead atoms. The molecule has 1 aromatic carbocycles. The molecule has 140 valence electrons. The Morgan fingerprint density at radius 2 is 2.19 bits per heavy atom. The molecule has 0 saturated carbocycles. The van der Waals surface area contributed by atoms with Crippen LogP contribution in [0.2, 0.25) is 0 Å². The van der Waals surface area contributed by atoms with E-state index in [4.69, 9.17) is 4.74 Å². The zero-order valence-corrected chi connectivity index (χ0v) is 15.7. The van der Waals surface area contributed by atoms with E-state index in [9.17, 15) is 9.18 Å². The Morgan fingerprint density at radius 3 is 2.88 bits per heavy atom. The number of nitrogens with one attached hydrogen (secondary N) is 2. The number of ether oxygens (including phenoxy) is 1. The van der Waals surface area contributed by atoms with Crippen LogP contribution in [0, 0.1) is 12.7 Å². The first-order valence-electron chi connectivity index (χ1n) is 8.59. The van der Waals surface area contributed by atoms with Crippen molar-refractivity contribution in [1.29, 1.82) is 0 Å². The molecule has 2 aromatic rings. The van der Waals surface area contributed by atoms with Crippen molar-refractivity contribution in [3.8, 4) is 0 Å². The van der Waals surface area contributed by atoms with Gasteiger partial charge in [0.2, 0.25) is 0 Å². The van der Waals surface area contributed by atoms with Crippen molar-refractivity contribution in [2.45, 2.75) is 13.0 Å². The summed E-state index contributed by atoms with van der Waals surface area (Å²) in [6.07, 6.45) is 0. The van der Waals surface area contributed by atoms with Crippen molar-refractivity contribution < 1.29 is 13.9 Å². The third-order valence-electron chi connectivity index (χ3n) is 4.49. The Balaban J connectivity index is 1.77. The highest BCUT2D eigenvalue weighted by atomic mass is 32.1. The molecule has 2 heterocycles. The minimum absolute atomic E-state index is 0.108. The second-order valence-electron chi connectivity index (χ2n) is 6.15. The summed E-state index contributed by atoms with van der Waals surface area (Å²) >= 11 is 1.27. The number of halogens is 1. The van der Waals surface area contributed by atoms with Gasteiger partial charge in [-0.2, -0.15) is 4.37 Å². The number of aromatic nitrogens is 1. The summed E-state index contributed by atoms with van der Waals surface area (Å²) in [4.78, 5) is 14.9. The van der Waals surface area contributed by atoms with Crippen LogP contribution in [0.3, 0.4) is 0 Å². The van der Waals surface area contributed by atoms with Crippen molar-refractivity contribution in [2.24, 2.45) is 0 Å². The zero-order valence-electron chi connectivity index (χ0n) is 14.9. The second kappa shape index (κ2) is 8.57. The van der Waals surface area contributed by atoms with E-state index in [1.165, 1.54) is 23.7 Å². The predicted molar refractivity (Wildman–Crippen MR) is 100 cm³/mol. The summed E-state index contributed by atoms with van der Waals surface area (Å²) in [7, 11) is 1.77. The van der Waals surface area contributed by atoms with Crippen molar-refractivity contribution >= 4 is 22.4 Å². The molecule has 1 aliphatic heterocycles. The average Bonchev–Trinajstić information content (AvgIpc) is 3.03. The first-order valence-corrected chi connectivity index (χ1v) is 9.37. The molecule has 1 fully saturated rings. The highest BCUT2D eigenvalue weighted by Gasteiger charge is 2.25. The number of carbonyl (C=O) groups is 1. The standard InChI is InChI=1S/C18H23FN4O2S/c1-12-16(18(20-2)26-22-12)17(24)21-11-15(23-6-8-25-9-7-23)13-4-3-5-14(19)10-13/h3-5,10,15,20H,6-9,11H2,1-2H3,(H,21,24)/t15-/m0/s1. The lowest BCUT2D eigenvalue weighted by Crippen LogP contribution is -2.44. The molecule has 8 heteroatoms. The van der Waals surface area contributed by atoms with Gasteiger partial charge in [-0.15, -0.1) is 0 Å². The normalized spacial score (nSPS) is 16.3. The summed E-state index contributed by atoms with van der Waals surface area (Å²) in [5.74, 6) is -0.447. The van der Waals surface area contributed by atoms with Crippen LogP contribution in [0.5, 0.6) is 0 Å². The number of hydrogen-bond acceptors (Lipinski definition) is 6. The van der Waals surface area contributed by atoms with Gasteiger partial charge in [-0.3, -0.25) is 9.69 Å². The van der Waals surface area contributed by atoms with Gasteiger partial charge >= 0.3 is 0 Å². The van der Waals surface area contributed by atoms with Crippen LogP contribution in [0.15, 0.2) is 24.3 Å². The number of benzene rings is 1. The second-order valence-corrected chi connectivity index (χ2v) is 6.92. The number of carbonyl (C=O) groups excluding carboxylic acids is 1. The van der Waals surface area contributed by atoms with Crippen LogP contribution in [-0.2, 0) is 4.74 Å². The molecular formula is C18H23FN4O2S. The quantitative estimate of drug-likeness (QED) is 0.808. The summed E-state index contributed by atoms with van der Waals surface area (Å²) in [5, 5.41) is 6.75. The first kappa shape index (κ1) is 18.8. The van der Waals surface area contributed by atoms with E-state index in [1.807, 2.05) is 13.0 Å². The maximum Gasteiger partial charge on any atom is 0.256 e. The number of amides is 1. The van der Waals surface area contributed by atoms with Crippen molar-refractivity contribution in [2.75, 3.05) is 45.2 Å². The van der Waals surface area contributed by atoms with Crippen LogP contribution < -0.4 is 10.6 Å². The molecule has 1 aliphatic rings. The van der Waals surface area contributed by atoms with Crippen molar-refractivity contribution in [1.82, 2.24) is 14.6 Å². The maximum absolute atomic E-state index is 13.7. The van der Waals surface area contributed by atoms with E-state index in [0.29, 0.717) is 31.0 Å². The van der Waals surface area contributed by atoms with Crippen LogP contribution in [0.1, 0.15) is 27.7 Å². The number of aryl methyl sites for hydroxylation is 1. The molecule has 0 aliphatic carbocycles. The number of rotatable bonds is 6. The summed E-state index contributed by atoms with van der Waals surface area (Å²) in [6.45, 7) is 4.98. The number of hydrogen-bond donors (Lipinski definition) is 2. The Hall–Kier alpha value is -2.03. The van der Waals surface area contributed by atoms with Crippen LogP contribution in [0.4, 0.5) is 9.39 Å². The van der Waals surface area contributed by atoms with E-state index in [1.54, 1.807) is 13.1 Å². The molecule has 26 heavy (non-hydrogen) atoms. The number of morpholine rings is 1. The molecular weight excluding hydrogens is 355 g/mol. The molecule has 2 N–H and O–H groups in total. The van der Waals surface area contributed by atoms with Crippen LogP contribution in [0.25, 0.3) is 0 Å². The lowest BCUT2D eigenvalue weighted by atomic mass is 10.0. The Bertz CT molecular complexity index is 761. The van der Waals surface area contributed by atoms with E-state index >= 15 is 0 Å². The lowest BCUT2D eigenvalue weighted by Gasteiger charge is -2.35. The Kier molecular flexibility index (Phi) is 6.18. The first-order chi connectivity index (χ1) is 12.6. The monoisotopic (exact) mass is 378 g/mol. The van der Waals surface area contributed by atoms with Gasteiger partial charge in [0.15, 0.2) is 0 Å². The van der Waals surface area contributed by atoms with Gasteiger partial charge in [-0.25, -0.2) is 4.39 Å². The summed E-state index contributed by atoms with van der Waals surface area (Å²) < 4.78 is 23.4. The fourth-order valence-electron chi connectivity index (χ4n) is 3.15. The largest absolute Gasteiger partial charge is 0.379 e. The summed E-state index contributed by atoms with van der Waals surface area (Å²) in [5.41, 5.74) is 2.12. The molecule has 6 nitrogen and oxygen atoms in total. The maximum atomic E-state index is 13.7. The molecule has 3 rings (SSSR count). The molecule has 1 atom stereocenters. The smallest absolute Gasteiger partial charge is 0.256 e. The zero-order chi connectivity index (χ0) is 18.5. The predicted octanol–water partition coefficient (Wildman–Crippen LogP) is 2.44. The van der Waals surface area contributed by atoms with Crippen molar-refractivity contribution in [3.05, 3.63) is 46.9 Å². The Labute approximate surface area is 156 Å². The SMILES string of the molecule is CNc1snc(C)c1C(=O)NC[C@@H](c1cccc(F)c1)N1CCOCC1. The van der Waals surface area contributed by atoms with Crippen molar-refractivity contribution in [3.63, 3.8) is 0 Å². The van der Waals surface area contributed by atoms with E-state index in [-0.39, 0.29) is 17.8 Å². The van der Waals surface area contributed by atoms with Gasteiger partial charge in [-0.05, 0) is 36.2 Å². The van der Waals surface area contributed by atoms with E-state index in [2.05, 4.69) is 19.9 Å². The molecule has 0 radical (unpaired) electrons. The molecule has 0 spiro atoms. The minimum atomic E-state index is -0.276. The van der Waals surface area contributed by atoms with Gasteiger partial charge in [0.05, 0.1) is 30.5 Å².